The van der Waals surface area contributed by atoms with Crippen LogP contribution < -0.4 is 4.74 Å². The molecule has 0 heterocycles. The summed E-state index contributed by atoms with van der Waals surface area (Å²) >= 11 is 3.40. The van der Waals surface area contributed by atoms with Gasteiger partial charge in [0.25, 0.3) is 0 Å². The average molecular weight is 501 g/mol. The van der Waals surface area contributed by atoms with Crippen LogP contribution in [0.1, 0.15) is 56.6 Å². The second-order valence-electron chi connectivity index (χ2n) is 7.53. The number of ether oxygens (including phenoxy) is 1. The second kappa shape index (κ2) is 13.5. The summed E-state index contributed by atoms with van der Waals surface area (Å²) in [6.07, 6.45) is 8.05. The van der Waals surface area contributed by atoms with E-state index in [1.165, 1.54) is 12.2 Å². The third kappa shape index (κ3) is 9.10. The molecular weight excluding hydrogens is 472 g/mol. The zero-order chi connectivity index (χ0) is 23.3. The molecule has 5 nitrogen and oxygen atoms in total. The number of hydrogen-bond donors (Lipinski definition) is 2. The minimum absolute atomic E-state index is 0.0560. The molecule has 0 aliphatic heterocycles. The molecule has 0 aromatic heterocycles. The number of carbonyl (C=O) groups is 2. The summed E-state index contributed by atoms with van der Waals surface area (Å²) in [4.78, 5) is 23.3. The lowest BCUT2D eigenvalue weighted by molar-refractivity contribution is -0.133. The number of unbranched alkanes of at least 4 members (excludes halogenated alkanes) is 4. The first-order chi connectivity index (χ1) is 15.4. The van der Waals surface area contributed by atoms with Gasteiger partial charge < -0.3 is 14.9 Å². The quantitative estimate of drug-likeness (QED) is 0.178. The fraction of sp³-hybridized carbons (Fsp3) is 0.308. The Morgan fingerprint density at radius 1 is 0.906 bits per heavy atom. The number of rotatable bonds is 13. The molecule has 32 heavy (non-hydrogen) atoms. The van der Waals surface area contributed by atoms with Gasteiger partial charge in [0.1, 0.15) is 12.4 Å². The highest BCUT2D eigenvalue weighted by Crippen LogP contribution is 2.19. The molecule has 0 atom stereocenters. The molecule has 0 amide bonds. The van der Waals surface area contributed by atoms with Gasteiger partial charge >= 0.3 is 11.9 Å². The van der Waals surface area contributed by atoms with Gasteiger partial charge in [-0.2, -0.15) is 0 Å². The van der Waals surface area contributed by atoms with E-state index in [-0.39, 0.29) is 11.1 Å². The Balaban J connectivity index is 2.06. The Hall–Kier alpha value is -2.86. The predicted molar refractivity (Wildman–Crippen MR) is 130 cm³/mol. The summed E-state index contributed by atoms with van der Waals surface area (Å²) in [5.41, 5.74) is 1.75. The van der Waals surface area contributed by atoms with Gasteiger partial charge in [-0.05, 0) is 60.4 Å². The van der Waals surface area contributed by atoms with E-state index in [1.807, 2.05) is 24.3 Å². The molecular formula is C26H29BrO5. The summed E-state index contributed by atoms with van der Waals surface area (Å²) in [7, 11) is 0. The molecule has 0 aliphatic carbocycles. The van der Waals surface area contributed by atoms with E-state index in [4.69, 9.17) is 4.74 Å². The third-order valence-corrected chi connectivity index (χ3v) is 5.45. The van der Waals surface area contributed by atoms with Crippen molar-refractivity contribution < 1.29 is 24.5 Å². The van der Waals surface area contributed by atoms with Crippen molar-refractivity contribution in [1.29, 1.82) is 0 Å². The van der Waals surface area contributed by atoms with Crippen molar-refractivity contribution in [3.8, 4) is 5.75 Å². The van der Waals surface area contributed by atoms with Crippen molar-refractivity contribution in [3.63, 3.8) is 0 Å². The van der Waals surface area contributed by atoms with E-state index in [0.717, 1.165) is 42.1 Å². The molecule has 0 unspecified atom stereocenters. The standard InChI is InChI=1S/C26H29BrO5/c1-2-3-4-5-6-7-21(25(28)29)17-22(26(30)31)16-19-10-14-24(15-11-19)32-18-20-8-12-23(27)13-9-20/h8-17H,2-7,18H2,1H3,(H,28,29)(H,30,31). The lowest BCUT2D eigenvalue weighted by atomic mass is 10.0. The summed E-state index contributed by atoms with van der Waals surface area (Å²) in [6, 6.07) is 14.9. The number of carboxylic acids is 2. The van der Waals surface area contributed by atoms with Crippen molar-refractivity contribution in [2.45, 2.75) is 52.1 Å². The van der Waals surface area contributed by atoms with Gasteiger partial charge in [-0.1, -0.05) is 72.8 Å². The zero-order valence-electron chi connectivity index (χ0n) is 18.2. The van der Waals surface area contributed by atoms with Crippen LogP contribution in [0.25, 0.3) is 6.08 Å². The topological polar surface area (TPSA) is 83.8 Å². The Morgan fingerprint density at radius 2 is 1.56 bits per heavy atom. The minimum Gasteiger partial charge on any atom is -0.489 e. The minimum atomic E-state index is -1.16. The molecule has 0 saturated heterocycles. The lowest BCUT2D eigenvalue weighted by Gasteiger charge is -2.07. The van der Waals surface area contributed by atoms with Gasteiger partial charge in [0.05, 0.1) is 5.57 Å². The molecule has 0 fully saturated rings. The van der Waals surface area contributed by atoms with E-state index in [1.54, 1.807) is 24.3 Å². The molecule has 6 heteroatoms. The number of hydrogen-bond acceptors (Lipinski definition) is 3. The highest BCUT2D eigenvalue weighted by molar-refractivity contribution is 9.10. The summed E-state index contributed by atoms with van der Waals surface area (Å²) in [6.45, 7) is 2.54. The smallest absolute Gasteiger partial charge is 0.335 e. The third-order valence-electron chi connectivity index (χ3n) is 4.92. The number of carboxylic acid groups (broad SMARTS) is 2. The number of aliphatic carboxylic acids is 2. The van der Waals surface area contributed by atoms with Crippen molar-refractivity contribution in [3.05, 3.63) is 81.4 Å². The van der Waals surface area contributed by atoms with E-state index in [0.29, 0.717) is 24.3 Å². The molecule has 2 aromatic carbocycles. The lowest BCUT2D eigenvalue weighted by Crippen LogP contribution is -2.05. The van der Waals surface area contributed by atoms with Gasteiger partial charge in [-0.15, -0.1) is 0 Å². The van der Waals surface area contributed by atoms with Crippen LogP contribution in [-0.4, -0.2) is 22.2 Å². The van der Waals surface area contributed by atoms with Crippen LogP contribution in [-0.2, 0) is 16.2 Å². The van der Waals surface area contributed by atoms with Crippen LogP contribution in [0.3, 0.4) is 0 Å². The Bertz CT molecular complexity index is 943. The SMILES string of the molecule is CCCCCCCC(=CC(=Cc1ccc(OCc2ccc(Br)cc2)cc1)C(=O)O)C(=O)O. The first-order valence-electron chi connectivity index (χ1n) is 10.7. The monoisotopic (exact) mass is 500 g/mol. The molecule has 0 spiro atoms. The molecule has 170 valence electrons. The average Bonchev–Trinajstić information content (AvgIpc) is 2.77. The Labute approximate surface area is 197 Å². The van der Waals surface area contributed by atoms with E-state index < -0.39 is 11.9 Å². The van der Waals surface area contributed by atoms with Crippen LogP contribution >= 0.6 is 15.9 Å². The van der Waals surface area contributed by atoms with Crippen molar-refractivity contribution in [1.82, 2.24) is 0 Å². The molecule has 2 rings (SSSR count). The van der Waals surface area contributed by atoms with Gasteiger partial charge in [-0.25, -0.2) is 9.59 Å². The van der Waals surface area contributed by atoms with Crippen molar-refractivity contribution in [2.75, 3.05) is 0 Å². The van der Waals surface area contributed by atoms with E-state index in [9.17, 15) is 19.8 Å². The summed E-state index contributed by atoms with van der Waals surface area (Å²) < 4.78 is 6.77. The summed E-state index contributed by atoms with van der Waals surface area (Å²) in [5.74, 6) is -1.58. The van der Waals surface area contributed by atoms with Gasteiger partial charge in [0.2, 0.25) is 0 Å². The molecule has 0 saturated carbocycles. The van der Waals surface area contributed by atoms with E-state index >= 15 is 0 Å². The molecule has 0 radical (unpaired) electrons. The molecule has 0 aliphatic rings. The summed E-state index contributed by atoms with van der Waals surface area (Å²) in [5, 5.41) is 19.0. The Morgan fingerprint density at radius 3 is 2.16 bits per heavy atom. The number of halogens is 1. The number of benzene rings is 2. The Kier molecular flexibility index (Phi) is 10.7. The van der Waals surface area contributed by atoms with E-state index in [2.05, 4.69) is 22.9 Å². The second-order valence-corrected chi connectivity index (χ2v) is 8.44. The van der Waals surface area contributed by atoms with Crippen LogP contribution in [0.15, 0.2) is 70.2 Å². The first kappa shape index (κ1) is 25.4. The van der Waals surface area contributed by atoms with Crippen LogP contribution in [0.2, 0.25) is 0 Å². The van der Waals surface area contributed by atoms with Gasteiger partial charge in [0, 0.05) is 10.0 Å². The fourth-order valence-electron chi connectivity index (χ4n) is 3.10. The highest BCUT2D eigenvalue weighted by Gasteiger charge is 2.12. The largest absolute Gasteiger partial charge is 0.489 e. The predicted octanol–water partition coefficient (Wildman–Crippen LogP) is 6.87. The van der Waals surface area contributed by atoms with Crippen LogP contribution in [0, 0.1) is 0 Å². The van der Waals surface area contributed by atoms with Crippen LogP contribution in [0.4, 0.5) is 0 Å². The normalized spacial score (nSPS) is 11.9. The maximum atomic E-state index is 11.7. The fourth-order valence-corrected chi connectivity index (χ4v) is 3.36. The van der Waals surface area contributed by atoms with Gasteiger partial charge in [0.15, 0.2) is 0 Å². The molecule has 0 bridgehead atoms. The van der Waals surface area contributed by atoms with Crippen molar-refractivity contribution in [2.24, 2.45) is 0 Å². The highest BCUT2D eigenvalue weighted by atomic mass is 79.9. The first-order valence-corrected chi connectivity index (χ1v) is 11.5. The maximum Gasteiger partial charge on any atom is 0.335 e. The zero-order valence-corrected chi connectivity index (χ0v) is 19.8. The maximum absolute atomic E-state index is 11.7. The van der Waals surface area contributed by atoms with Crippen molar-refractivity contribution >= 4 is 33.9 Å². The molecule has 2 N–H and O–H groups in total. The molecule has 2 aromatic rings. The van der Waals surface area contributed by atoms with Gasteiger partial charge in [-0.3, -0.25) is 0 Å². The van der Waals surface area contributed by atoms with Crippen LogP contribution in [0.5, 0.6) is 5.75 Å².